The molecule has 0 unspecified atom stereocenters. The van der Waals surface area contributed by atoms with Gasteiger partial charge in [0.1, 0.15) is 4.90 Å². The van der Waals surface area contributed by atoms with Crippen LogP contribution in [0.4, 0.5) is 0 Å². The summed E-state index contributed by atoms with van der Waals surface area (Å²) in [5, 5.41) is 0.188. The fraction of sp³-hybridized carbons (Fsp3) is 0.250. The zero-order valence-corrected chi connectivity index (χ0v) is 9.75. The molecule has 0 heterocycles. The summed E-state index contributed by atoms with van der Waals surface area (Å²) in [5.41, 5.74) is 0.713. The number of benzene rings is 1. The van der Waals surface area contributed by atoms with Gasteiger partial charge in [0, 0.05) is 5.88 Å². The lowest BCUT2D eigenvalue weighted by Gasteiger charge is -2.06. The smallest absolute Gasteiger partial charge is 0.214 e. The van der Waals surface area contributed by atoms with E-state index in [1.165, 1.54) is 19.2 Å². The molecule has 1 N–H and O–H groups in total. The Morgan fingerprint density at radius 2 is 2.07 bits per heavy atom. The van der Waals surface area contributed by atoms with Gasteiger partial charge >= 0.3 is 0 Å². The van der Waals surface area contributed by atoms with Gasteiger partial charge in [0.25, 0.3) is 0 Å². The minimum Gasteiger partial charge on any atom is -0.214 e. The van der Waals surface area contributed by atoms with Crippen LogP contribution in [0, 0.1) is 0 Å². The average Bonchev–Trinajstić information content (AvgIpc) is 2.18. The van der Waals surface area contributed by atoms with E-state index in [9.17, 15) is 8.42 Å². The standard InChI is InChI=1S/C8H9Cl2NO2S/c1-11-14(12,13)8-4-6(5-9)2-3-7(8)10/h2-4,11H,5H2,1H3. The number of alkyl halides is 1. The van der Waals surface area contributed by atoms with Gasteiger partial charge in [0.15, 0.2) is 0 Å². The second-order valence-electron chi connectivity index (χ2n) is 2.61. The minimum atomic E-state index is -3.50. The summed E-state index contributed by atoms with van der Waals surface area (Å²) in [6.07, 6.45) is 0. The van der Waals surface area contributed by atoms with Gasteiger partial charge in [-0.25, -0.2) is 13.1 Å². The molecule has 0 bridgehead atoms. The summed E-state index contributed by atoms with van der Waals surface area (Å²) in [6.45, 7) is 0. The van der Waals surface area contributed by atoms with Gasteiger partial charge in [-0.1, -0.05) is 17.7 Å². The zero-order chi connectivity index (χ0) is 10.8. The first-order valence-electron chi connectivity index (χ1n) is 3.79. The van der Waals surface area contributed by atoms with E-state index in [1.54, 1.807) is 6.07 Å². The van der Waals surface area contributed by atoms with E-state index in [1.807, 2.05) is 0 Å². The summed E-state index contributed by atoms with van der Waals surface area (Å²) in [5.74, 6) is 0.253. The lowest BCUT2D eigenvalue weighted by molar-refractivity contribution is 0.588. The molecule has 0 aliphatic heterocycles. The fourth-order valence-electron chi connectivity index (χ4n) is 0.947. The van der Waals surface area contributed by atoms with Crippen LogP contribution in [-0.4, -0.2) is 15.5 Å². The highest BCUT2D eigenvalue weighted by atomic mass is 35.5. The predicted octanol–water partition coefficient (Wildman–Crippen LogP) is 1.99. The topological polar surface area (TPSA) is 46.2 Å². The predicted molar refractivity (Wildman–Crippen MR) is 57.3 cm³/mol. The summed E-state index contributed by atoms with van der Waals surface area (Å²) >= 11 is 11.3. The first kappa shape index (κ1) is 11.8. The normalized spacial score (nSPS) is 11.6. The molecule has 1 aromatic carbocycles. The van der Waals surface area contributed by atoms with Crippen molar-refractivity contribution in [2.75, 3.05) is 7.05 Å². The Kier molecular flexibility index (Phi) is 3.78. The molecule has 78 valence electrons. The first-order chi connectivity index (χ1) is 6.51. The summed E-state index contributed by atoms with van der Waals surface area (Å²) < 4.78 is 25.1. The van der Waals surface area contributed by atoms with Gasteiger partial charge in [-0.3, -0.25) is 0 Å². The van der Waals surface area contributed by atoms with E-state index in [0.717, 1.165) is 0 Å². The Morgan fingerprint density at radius 1 is 1.43 bits per heavy atom. The Bertz CT molecular complexity index is 431. The lowest BCUT2D eigenvalue weighted by Crippen LogP contribution is -2.19. The molecule has 14 heavy (non-hydrogen) atoms. The third-order valence-electron chi connectivity index (χ3n) is 1.71. The summed E-state index contributed by atoms with van der Waals surface area (Å²) in [4.78, 5) is 0.0554. The molecule has 1 aromatic rings. The van der Waals surface area contributed by atoms with Crippen molar-refractivity contribution in [2.24, 2.45) is 0 Å². The van der Waals surface area contributed by atoms with Crippen molar-refractivity contribution in [3.8, 4) is 0 Å². The van der Waals surface area contributed by atoms with Crippen LogP contribution in [0.2, 0.25) is 5.02 Å². The molecule has 0 aliphatic carbocycles. The summed E-state index contributed by atoms with van der Waals surface area (Å²) in [7, 11) is -2.17. The maximum absolute atomic E-state index is 11.5. The van der Waals surface area contributed by atoms with Gasteiger partial charge in [0.05, 0.1) is 5.02 Å². The number of hydrogen-bond acceptors (Lipinski definition) is 2. The first-order valence-corrected chi connectivity index (χ1v) is 6.19. The quantitative estimate of drug-likeness (QED) is 0.838. The molecular weight excluding hydrogens is 245 g/mol. The van der Waals surface area contributed by atoms with Crippen LogP contribution < -0.4 is 4.72 Å². The molecule has 0 saturated carbocycles. The third-order valence-corrected chi connectivity index (χ3v) is 3.91. The van der Waals surface area contributed by atoms with Crippen LogP contribution in [0.1, 0.15) is 5.56 Å². The van der Waals surface area contributed by atoms with Crippen molar-refractivity contribution < 1.29 is 8.42 Å². The Balaban J connectivity index is 3.33. The van der Waals surface area contributed by atoms with Gasteiger partial charge in [-0.05, 0) is 24.7 Å². The molecule has 0 spiro atoms. The number of halogens is 2. The number of sulfonamides is 1. The molecule has 0 saturated heterocycles. The van der Waals surface area contributed by atoms with E-state index in [4.69, 9.17) is 23.2 Å². The number of nitrogens with one attached hydrogen (secondary N) is 1. The summed E-state index contributed by atoms with van der Waals surface area (Å²) in [6, 6.07) is 4.66. The molecule has 0 aromatic heterocycles. The van der Waals surface area contributed by atoms with Crippen LogP contribution >= 0.6 is 23.2 Å². The molecule has 0 fully saturated rings. The van der Waals surface area contributed by atoms with E-state index < -0.39 is 10.0 Å². The molecule has 3 nitrogen and oxygen atoms in total. The van der Waals surface area contributed by atoms with Crippen LogP contribution in [-0.2, 0) is 15.9 Å². The molecule has 0 aliphatic rings. The van der Waals surface area contributed by atoms with Gasteiger partial charge in [-0.15, -0.1) is 11.6 Å². The number of rotatable bonds is 3. The lowest BCUT2D eigenvalue weighted by atomic mass is 10.2. The van der Waals surface area contributed by atoms with E-state index >= 15 is 0 Å². The molecule has 0 atom stereocenters. The molecular formula is C8H9Cl2NO2S. The molecule has 6 heteroatoms. The Morgan fingerprint density at radius 3 is 2.57 bits per heavy atom. The van der Waals surface area contributed by atoms with Crippen molar-refractivity contribution in [3.63, 3.8) is 0 Å². The van der Waals surface area contributed by atoms with Crippen molar-refractivity contribution in [1.29, 1.82) is 0 Å². The minimum absolute atomic E-state index is 0.0554. The maximum Gasteiger partial charge on any atom is 0.241 e. The second kappa shape index (κ2) is 4.49. The van der Waals surface area contributed by atoms with Gasteiger partial charge in [0.2, 0.25) is 10.0 Å². The largest absolute Gasteiger partial charge is 0.241 e. The SMILES string of the molecule is CNS(=O)(=O)c1cc(CCl)ccc1Cl. The van der Waals surface area contributed by atoms with Crippen LogP contribution in [0.25, 0.3) is 0 Å². The highest BCUT2D eigenvalue weighted by Crippen LogP contribution is 2.22. The molecule has 0 radical (unpaired) electrons. The van der Waals surface area contributed by atoms with Crippen LogP contribution in [0.3, 0.4) is 0 Å². The molecule has 1 rings (SSSR count). The third kappa shape index (κ3) is 2.39. The van der Waals surface area contributed by atoms with Crippen molar-refractivity contribution in [3.05, 3.63) is 28.8 Å². The fourth-order valence-corrected chi connectivity index (χ4v) is 2.39. The van der Waals surface area contributed by atoms with Crippen molar-refractivity contribution >= 4 is 33.2 Å². The second-order valence-corrected chi connectivity index (χ2v) is 5.14. The Labute approximate surface area is 93.1 Å². The highest BCUT2D eigenvalue weighted by Gasteiger charge is 2.15. The van der Waals surface area contributed by atoms with Crippen molar-refractivity contribution in [2.45, 2.75) is 10.8 Å². The van der Waals surface area contributed by atoms with E-state index in [2.05, 4.69) is 4.72 Å². The van der Waals surface area contributed by atoms with E-state index in [0.29, 0.717) is 5.56 Å². The average molecular weight is 254 g/mol. The van der Waals surface area contributed by atoms with Crippen LogP contribution in [0.15, 0.2) is 23.1 Å². The Hall–Kier alpha value is -0.290. The van der Waals surface area contributed by atoms with Gasteiger partial charge < -0.3 is 0 Å². The maximum atomic E-state index is 11.5. The van der Waals surface area contributed by atoms with Crippen molar-refractivity contribution in [1.82, 2.24) is 4.72 Å². The zero-order valence-electron chi connectivity index (χ0n) is 7.42. The van der Waals surface area contributed by atoms with Crippen LogP contribution in [0.5, 0.6) is 0 Å². The highest BCUT2D eigenvalue weighted by molar-refractivity contribution is 7.89. The molecule has 0 amide bonds. The van der Waals surface area contributed by atoms with Gasteiger partial charge in [-0.2, -0.15) is 0 Å². The van der Waals surface area contributed by atoms with E-state index in [-0.39, 0.29) is 15.8 Å². The monoisotopic (exact) mass is 253 g/mol. The number of hydrogen-bond donors (Lipinski definition) is 1.